The predicted octanol–water partition coefficient (Wildman–Crippen LogP) is 4.40. The van der Waals surface area contributed by atoms with E-state index in [1.165, 1.54) is 0 Å². The molecule has 0 amide bonds. The van der Waals surface area contributed by atoms with E-state index in [4.69, 9.17) is 5.73 Å². The molecule has 2 aromatic rings. The quantitative estimate of drug-likeness (QED) is 0.821. The molecule has 0 aliphatic carbocycles. The topological polar surface area (TPSA) is 43.1 Å². The first kappa shape index (κ1) is 14.3. The number of nitrogens with two attached hydrogens (primary N) is 1. The van der Waals surface area contributed by atoms with Gasteiger partial charge in [0, 0.05) is 33.3 Å². The third kappa shape index (κ3) is 4.18. The maximum absolute atomic E-state index is 12.0. The second kappa shape index (κ2) is 6.35. The molecule has 0 saturated carbocycles. The van der Waals surface area contributed by atoms with E-state index in [1.807, 2.05) is 35.7 Å². The van der Waals surface area contributed by atoms with Crippen LogP contribution in [-0.2, 0) is 11.2 Å². The highest BCUT2D eigenvalue weighted by molar-refractivity contribution is 9.10. The minimum Gasteiger partial charge on any atom is -0.399 e. The Morgan fingerprint density at radius 3 is 2.63 bits per heavy atom. The number of halogens is 1. The maximum Gasteiger partial charge on any atom is 0.138 e. The van der Waals surface area contributed by atoms with Crippen molar-refractivity contribution in [1.29, 1.82) is 0 Å². The Morgan fingerprint density at radius 2 is 2.05 bits per heavy atom. The highest BCUT2D eigenvalue weighted by Crippen LogP contribution is 2.24. The highest BCUT2D eigenvalue weighted by Gasteiger charge is 2.12. The molecule has 19 heavy (non-hydrogen) atoms. The first-order chi connectivity index (χ1) is 9.04. The Hall–Kier alpha value is -1.13. The van der Waals surface area contributed by atoms with Gasteiger partial charge in [-0.2, -0.15) is 0 Å². The van der Waals surface area contributed by atoms with Crippen LogP contribution in [0.2, 0.25) is 0 Å². The fourth-order valence-electron chi connectivity index (χ4n) is 2.00. The minimum absolute atomic E-state index is 0.233. The van der Waals surface area contributed by atoms with Crippen molar-refractivity contribution in [3.8, 4) is 0 Å². The van der Waals surface area contributed by atoms with Crippen molar-refractivity contribution < 1.29 is 4.79 Å². The number of carbonyl (C=O) groups is 1. The van der Waals surface area contributed by atoms with Crippen LogP contribution < -0.4 is 5.73 Å². The molecule has 0 aliphatic rings. The molecule has 0 fully saturated rings. The molecule has 0 bridgehead atoms. The maximum atomic E-state index is 12.0. The lowest BCUT2D eigenvalue weighted by Gasteiger charge is -2.11. The van der Waals surface area contributed by atoms with Gasteiger partial charge in [0.25, 0.3) is 0 Å². The van der Waals surface area contributed by atoms with E-state index in [0.717, 1.165) is 20.6 Å². The zero-order valence-corrected chi connectivity index (χ0v) is 13.1. The summed E-state index contributed by atoms with van der Waals surface area (Å²) in [6.07, 6.45) is 1.09. The number of hydrogen-bond donors (Lipinski definition) is 1. The van der Waals surface area contributed by atoms with Gasteiger partial charge in [-0.1, -0.05) is 19.1 Å². The smallest absolute Gasteiger partial charge is 0.138 e. The van der Waals surface area contributed by atoms with Crippen molar-refractivity contribution in [2.24, 2.45) is 0 Å². The number of Topliss-reactive ketones (excluding diaryl/α,β-unsaturated/α-hetero) is 1. The molecule has 0 aliphatic heterocycles. The van der Waals surface area contributed by atoms with Crippen LogP contribution in [0.15, 0.2) is 40.2 Å². The average molecular weight is 338 g/mol. The number of rotatable bonds is 5. The summed E-state index contributed by atoms with van der Waals surface area (Å²) in [5.41, 5.74) is 7.58. The molecule has 1 atom stereocenters. The van der Waals surface area contributed by atoms with E-state index >= 15 is 0 Å². The summed E-state index contributed by atoms with van der Waals surface area (Å²) in [7, 11) is 0. The predicted molar refractivity (Wildman–Crippen MR) is 84.6 cm³/mol. The zero-order chi connectivity index (χ0) is 13.8. The third-order valence-electron chi connectivity index (χ3n) is 3.03. The van der Waals surface area contributed by atoms with Gasteiger partial charge in [0.2, 0.25) is 0 Å². The SMILES string of the molecule is CC(CC(=O)Cc1cc(Br)cs1)c1ccc(N)cc1. The van der Waals surface area contributed by atoms with Gasteiger partial charge in [0.15, 0.2) is 0 Å². The lowest BCUT2D eigenvalue weighted by molar-refractivity contribution is -0.118. The van der Waals surface area contributed by atoms with Crippen LogP contribution >= 0.6 is 27.3 Å². The van der Waals surface area contributed by atoms with Crippen molar-refractivity contribution in [3.05, 3.63) is 50.6 Å². The van der Waals surface area contributed by atoms with Crippen molar-refractivity contribution in [2.45, 2.75) is 25.7 Å². The summed E-state index contributed by atoms with van der Waals surface area (Å²) < 4.78 is 1.05. The molecule has 2 N–H and O–H groups in total. The van der Waals surface area contributed by atoms with E-state index in [0.29, 0.717) is 12.8 Å². The Bertz CT molecular complexity index is 562. The molecular formula is C15H16BrNOS. The van der Waals surface area contributed by atoms with Crippen molar-refractivity contribution in [1.82, 2.24) is 0 Å². The number of carbonyl (C=O) groups excluding carboxylic acids is 1. The van der Waals surface area contributed by atoms with Gasteiger partial charge >= 0.3 is 0 Å². The first-order valence-corrected chi connectivity index (χ1v) is 7.82. The summed E-state index contributed by atoms with van der Waals surface area (Å²) in [5.74, 6) is 0.509. The van der Waals surface area contributed by atoms with E-state index < -0.39 is 0 Å². The highest BCUT2D eigenvalue weighted by atomic mass is 79.9. The minimum atomic E-state index is 0.233. The van der Waals surface area contributed by atoms with E-state index in [2.05, 4.69) is 22.9 Å². The van der Waals surface area contributed by atoms with Crippen LogP contribution in [0.3, 0.4) is 0 Å². The number of thiophene rings is 1. The fourth-order valence-corrected chi connectivity index (χ4v) is 3.48. The van der Waals surface area contributed by atoms with Gasteiger partial charge < -0.3 is 5.73 Å². The number of nitrogen functional groups attached to an aromatic ring is 1. The Balaban J connectivity index is 1.93. The van der Waals surface area contributed by atoms with Gasteiger partial charge in [-0.05, 0) is 45.6 Å². The Morgan fingerprint density at radius 1 is 1.37 bits per heavy atom. The summed E-state index contributed by atoms with van der Waals surface area (Å²) in [6, 6.07) is 9.76. The number of hydrogen-bond acceptors (Lipinski definition) is 3. The Labute approximate surface area is 125 Å². The fraction of sp³-hybridized carbons (Fsp3) is 0.267. The monoisotopic (exact) mass is 337 g/mol. The first-order valence-electron chi connectivity index (χ1n) is 6.14. The van der Waals surface area contributed by atoms with Gasteiger partial charge in [0.05, 0.1) is 0 Å². The van der Waals surface area contributed by atoms with Gasteiger partial charge in [0.1, 0.15) is 5.78 Å². The molecule has 1 aromatic carbocycles. The molecule has 100 valence electrons. The molecule has 0 spiro atoms. The molecule has 1 unspecified atom stereocenters. The average Bonchev–Trinajstić information content (AvgIpc) is 2.75. The standard InChI is InChI=1S/C15H16BrNOS/c1-10(11-2-4-13(17)5-3-11)6-14(18)8-15-7-12(16)9-19-15/h2-5,7,9-10H,6,8,17H2,1H3. The lowest BCUT2D eigenvalue weighted by atomic mass is 9.94. The lowest BCUT2D eigenvalue weighted by Crippen LogP contribution is -2.06. The largest absolute Gasteiger partial charge is 0.399 e. The number of anilines is 1. The van der Waals surface area contributed by atoms with Gasteiger partial charge in [-0.25, -0.2) is 0 Å². The molecular weight excluding hydrogens is 322 g/mol. The summed E-state index contributed by atoms with van der Waals surface area (Å²) in [5, 5.41) is 2.01. The molecule has 4 heteroatoms. The normalized spacial score (nSPS) is 12.3. The summed E-state index contributed by atoms with van der Waals surface area (Å²) >= 11 is 5.02. The van der Waals surface area contributed by atoms with Crippen LogP contribution in [0.4, 0.5) is 5.69 Å². The molecule has 1 aromatic heterocycles. The Kier molecular flexibility index (Phi) is 4.77. The van der Waals surface area contributed by atoms with Gasteiger partial charge in [-0.15, -0.1) is 11.3 Å². The summed E-state index contributed by atoms with van der Waals surface area (Å²) in [6.45, 7) is 2.08. The summed E-state index contributed by atoms with van der Waals surface area (Å²) in [4.78, 5) is 13.2. The van der Waals surface area contributed by atoms with Crippen molar-refractivity contribution in [2.75, 3.05) is 5.73 Å². The second-order valence-corrected chi connectivity index (χ2v) is 6.63. The van der Waals surface area contributed by atoms with Crippen LogP contribution in [0.1, 0.15) is 29.7 Å². The molecule has 2 nitrogen and oxygen atoms in total. The van der Waals surface area contributed by atoms with E-state index in [-0.39, 0.29) is 11.7 Å². The van der Waals surface area contributed by atoms with Crippen LogP contribution in [-0.4, -0.2) is 5.78 Å². The van der Waals surface area contributed by atoms with E-state index in [9.17, 15) is 4.79 Å². The van der Waals surface area contributed by atoms with Crippen molar-refractivity contribution in [3.63, 3.8) is 0 Å². The molecule has 1 heterocycles. The zero-order valence-electron chi connectivity index (χ0n) is 10.7. The van der Waals surface area contributed by atoms with E-state index in [1.54, 1.807) is 11.3 Å². The number of ketones is 1. The third-order valence-corrected chi connectivity index (χ3v) is 4.73. The molecule has 2 rings (SSSR count). The molecule has 0 saturated heterocycles. The van der Waals surface area contributed by atoms with Crippen LogP contribution in [0.5, 0.6) is 0 Å². The molecule has 0 radical (unpaired) electrons. The van der Waals surface area contributed by atoms with Crippen LogP contribution in [0.25, 0.3) is 0 Å². The number of benzene rings is 1. The second-order valence-electron chi connectivity index (χ2n) is 4.72. The van der Waals surface area contributed by atoms with Crippen LogP contribution in [0, 0.1) is 0 Å². The van der Waals surface area contributed by atoms with Gasteiger partial charge in [-0.3, -0.25) is 4.79 Å². The van der Waals surface area contributed by atoms with Crippen molar-refractivity contribution >= 4 is 38.7 Å².